The van der Waals surface area contributed by atoms with Crippen LogP contribution < -0.4 is 10.1 Å². The molecule has 0 spiro atoms. The van der Waals surface area contributed by atoms with E-state index in [-0.39, 0.29) is 12.5 Å². The lowest BCUT2D eigenvalue weighted by atomic mass is 9.99. The molecule has 1 aromatic rings. The number of ether oxygens (including phenoxy) is 1. The number of piperidine rings is 1. The van der Waals surface area contributed by atoms with E-state index in [4.69, 9.17) is 4.74 Å². The van der Waals surface area contributed by atoms with Crippen LogP contribution in [0, 0.1) is 12.8 Å². The molecule has 1 amide bonds. The Kier molecular flexibility index (Phi) is 6.42. The van der Waals surface area contributed by atoms with E-state index in [1.807, 2.05) is 13.0 Å². The molecule has 1 saturated heterocycles. The van der Waals surface area contributed by atoms with E-state index in [1.165, 1.54) is 12.8 Å². The molecular weight excluding hydrogens is 292 g/mol. The molecule has 1 aliphatic rings. The lowest BCUT2D eigenvalue weighted by Gasteiger charge is -2.31. The normalized spacial score (nSPS) is 17.7. The van der Waals surface area contributed by atoms with E-state index in [1.54, 1.807) is 19.2 Å². The topological polar surface area (TPSA) is 61.8 Å². The molecule has 0 saturated carbocycles. The molecule has 1 unspecified atom stereocenters. The summed E-state index contributed by atoms with van der Waals surface area (Å²) in [5.41, 5.74) is 1.54. The first-order chi connectivity index (χ1) is 11.0. The Morgan fingerprint density at radius 2 is 2.13 bits per heavy atom. The molecule has 5 heteroatoms. The number of likely N-dealkylation sites (tertiary alicyclic amines) is 1. The molecule has 0 aliphatic carbocycles. The number of carbonyl (C=O) groups excluding carboxylic acids is 1. The van der Waals surface area contributed by atoms with Crippen LogP contribution in [0.1, 0.15) is 35.7 Å². The summed E-state index contributed by atoms with van der Waals surface area (Å²) in [4.78, 5) is 14.4. The number of methoxy groups -OCH3 is 1. The van der Waals surface area contributed by atoms with E-state index in [9.17, 15) is 9.90 Å². The summed E-state index contributed by atoms with van der Waals surface area (Å²) in [6.07, 6.45) is 1.82. The third-order valence-corrected chi connectivity index (χ3v) is 4.51. The van der Waals surface area contributed by atoms with Crippen LogP contribution in [0.4, 0.5) is 0 Å². The number of carbonyl (C=O) groups is 1. The van der Waals surface area contributed by atoms with Gasteiger partial charge in [0.05, 0.1) is 13.2 Å². The summed E-state index contributed by atoms with van der Waals surface area (Å²) < 4.78 is 5.23. The Labute approximate surface area is 138 Å². The van der Waals surface area contributed by atoms with Crippen LogP contribution in [0.25, 0.3) is 0 Å². The fourth-order valence-corrected chi connectivity index (χ4v) is 2.88. The van der Waals surface area contributed by atoms with Crippen molar-refractivity contribution in [3.05, 3.63) is 29.3 Å². The van der Waals surface area contributed by atoms with Gasteiger partial charge in [0.25, 0.3) is 5.91 Å². The van der Waals surface area contributed by atoms with E-state index in [2.05, 4.69) is 17.1 Å². The standard InChI is InChI=1S/C18H28N2O3/c1-13-6-8-20(9-7-13)12-16(21)11-19-18(22)15-5-4-14(2)17(10-15)23-3/h4-5,10,13,16,21H,6-9,11-12H2,1-3H3,(H,19,22). The van der Waals surface area contributed by atoms with Crippen LogP contribution in [0.15, 0.2) is 18.2 Å². The fourth-order valence-electron chi connectivity index (χ4n) is 2.88. The zero-order valence-corrected chi connectivity index (χ0v) is 14.3. The summed E-state index contributed by atoms with van der Waals surface area (Å²) >= 11 is 0. The van der Waals surface area contributed by atoms with Crippen molar-refractivity contribution in [1.82, 2.24) is 10.2 Å². The molecule has 23 heavy (non-hydrogen) atoms. The summed E-state index contributed by atoms with van der Waals surface area (Å²) in [5.74, 6) is 1.29. The second-order valence-corrected chi connectivity index (χ2v) is 6.53. The Balaban J connectivity index is 1.79. The Bertz CT molecular complexity index is 525. The SMILES string of the molecule is COc1cc(C(=O)NCC(O)CN2CCC(C)CC2)ccc1C. The number of aliphatic hydroxyl groups excluding tert-OH is 1. The first kappa shape index (κ1) is 17.8. The molecular formula is C18H28N2O3. The first-order valence-corrected chi connectivity index (χ1v) is 8.33. The van der Waals surface area contributed by atoms with Crippen LogP contribution in [0.3, 0.4) is 0 Å². The van der Waals surface area contributed by atoms with Gasteiger partial charge in [0, 0.05) is 18.7 Å². The monoisotopic (exact) mass is 320 g/mol. The second-order valence-electron chi connectivity index (χ2n) is 6.53. The maximum Gasteiger partial charge on any atom is 0.251 e. The number of nitrogens with zero attached hydrogens (tertiary/aromatic N) is 1. The minimum Gasteiger partial charge on any atom is -0.496 e. The third kappa shape index (κ3) is 5.22. The van der Waals surface area contributed by atoms with Crippen molar-refractivity contribution in [2.24, 2.45) is 5.92 Å². The molecule has 128 valence electrons. The van der Waals surface area contributed by atoms with Gasteiger partial charge in [0.1, 0.15) is 5.75 Å². The van der Waals surface area contributed by atoms with Gasteiger partial charge in [-0.15, -0.1) is 0 Å². The van der Waals surface area contributed by atoms with Crippen molar-refractivity contribution < 1.29 is 14.6 Å². The second kappa shape index (κ2) is 8.31. The molecule has 1 fully saturated rings. The van der Waals surface area contributed by atoms with E-state index in [0.29, 0.717) is 17.9 Å². The van der Waals surface area contributed by atoms with Crippen LogP contribution in [0.2, 0.25) is 0 Å². The number of aryl methyl sites for hydroxylation is 1. The molecule has 1 aromatic carbocycles. The summed E-state index contributed by atoms with van der Waals surface area (Å²) in [7, 11) is 1.59. The quantitative estimate of drug-likeness (QED) is 0.839. The number of rotatable bonds is 6. The van der Waals surface area contributed by atoms with Crippen LogP contribution >= 0.6 is 0 Å². The molecule has 0 aromatic heterocycles. The zero-order valence-electron chi connectivity index (χ0n) is 14.3. The van der Waals surface area contributed by atoms with Gasteiger partial charge in [-0.1, -0.05) is 13.0 Å². The highest BCUT2D eigenvalue weighted by Crippen LogP contribution is 2.19. The van der Waals surface area contributed by atoms with Crippen molar-refractivity contribution in [3.63, 3.8) is 0 Å². The highest BCUT2D eigenvalue weighted by Gasteiger charge is 2.19. The van der Waals surface area contributed by atoms with Crippen molar-refractivity contribution in [2.45, 2.75) is 32.8 Å². The van der Waals surface area contributed by atoms with E-state index >= 15 is 0 Å². The number of hydrogen-bond acceptors (Lipinski definition) is 4. The third-order valence-electron chi connectivity index (χ3n) is 4.51. The van der Waals surface area contributed by atoms with Gasteiger partial charge in [-0.05, 0) is 56.5 Å². The average Bonchev–Trinajstić information content (AvgIpc) is 2.55. The van der Waals surface area contributed by atoms with Crippen molar-refractivity contribution in [3.8, 4) is 5.75 Å². The number of β-amino-alcohol motifs (C(OH)–C–C–N with tert-alkyl or cyclic N) is 1. The van der Waals surface area contributed by atoms with Gasteiger partial charge in [-0.2, -0.15) is 0 Å². The molecule has 1 atom stereocenters. The van der Waals surface area contributed by atoms with Gasteiger partial charge in [0.15, 0.2) is 0 Å². The predicted molar refractivity (Wildman–Crippen MR) is 90.9 cm³/mol. The lowest BCUT2D eigenvalue weighted by molar-refractivity contribution is 0.0795. The highest BCUT2D eigenvalue weighted by atomic mass is 16.5. The molecule has 2 rings (SSSR count). The fraction of sp³-hybridized carbons (Fsp3) is 0.611. The number of benzene rings is 1. The summed E-state index contributed by atoms with van der Waals surface area (Å²) in [6.45, 7) is 7.14. The predicted octanol–water partition coefficient (Wildman–Crippen LogP) is 1.83. The van der Waals surface area contributed by atoms with Gasteiger partial charge in [-0.3, -0.25) is 4.79 Å². The van der Waals surface area contributed by atoms with Crippen molar-refractivity contribution >= 4 is 5.91 Å². The molecule has 1 heterocycles. The van der Waals surface area contributed by atoms with Crippen LogP contribution in [0.5, 0.6) is 5.75 Å². The van der Waals surface area contributed by atoms with Crippen LogP contribution in [-0.2, 0) is 0 Å². The highest BCUT2D eigenvalue weighted by molar-refractivity contribution is 5.94. The van der Waals surface area contributed by atoms with Gasteiger partial charge < -0.3 is 20.1 Å². The summed E-state index contributed by atoms with van der Waals surface area (Å²) in [5, 5.41) is 12.9. The van der Waals surface area contributed by atoms with Gasteiger partial charge in [0.2, 0.25) is 0 Å². The Morgan fingerprint density at radius 1 is 1.43 bits per heavy atom. The largest absolute Gasteiger partial charge is 0.496 e. The minimum absolute atomic E-state index is 0.186. The number of aliphatic hydroxyl groups is 1. The summed E-state index contributed by atoms with van der Waals surface area (Å²) in [6, 6.07) is 5.35. The molecule has 0 radical (unpaired) electrons. The number of hydrogen-bond donors (Lipinski definition) is 2. The van der Waals surface area contributed by atoms with E-state index < -0.39 is 6.10 Å². The Hall–Kier alpha value is -1.59. The molecule has 0 bridgehead atoms. The first-order valence-electron chi connectivity index (χ1n) is 8.33. The van der Waals surface area contributed by atoms with Crippen LogP contribution in [-0.4, -0.2) is 55.3 Å². The smallest absolute Gasteiger partial charge is 0.251 e. The average molecular weight is 320 g/mol. The zero-order chi connectivity index (χ0) is 16.8. The van der Waals surface area contributed by atoms with Crippen molar-refractivity contribution in [2.75, 3.05) is 33.3 Å². The Morgan fingerprint density at radius 3 is 2.78 bits per heavy atom. The van der Waals surface area contributed by atoms with Gasteiger partial charge in [-0.25, -0.2) is 0 Å². The maximum absolute atomic E-state index is 12.2. The number of amides is 1. The number of nitrogens with one attached hydrogen (secondary N) is 1. The van der Waals surface area contributed by atoms with Crippen molar-refractivity contribution in [1.29, 1.82) is 0 Å². The van der Waals surface area contributed by atoms with E-state index in [0.717, 1.165) is 24.6 Å². The minimum atomic E-state index is -0.542. The molecule has 2 N–H and O–H groups in total. The molecule has 5 nitrogen and oxygen atoms in total. The van der Waals surface area contributed by atoms with Gasteiger partial charge >= 0.3 is 0 Å². The maximum atomic E-state index is 12.2. The lowest BCUT2D eigenvalue weighted by Crippen LogP contribution is -2.43. The molecule has 1 aliphatic heterocycles.